The minimum atomic E-state index is -1.25. The van der Waals surface area contributed by atoms with Crippen LogP contribution >= 0.6 is 0 Å². The molecular formula is C15H13N4NaO2. The van der Waals surface area contributed by atoms with E-state index in [4.69, 9.17) is 10.5 Å². The number of hydrogen-bond acceptors (Lipinski definition) is 6. The number of carboxylic acids is 1. The standard InChI is InChI=1S/C15H14N4O2.Na/c1-13(2)14(3)4-5-15(13,12(20)21)11-10(14)18-8(6-16)9(7-17)19-11;/h4-5H2,1-3H3,(H,20,21);/q;+1/p-1. The zero-order chi connectivity index (χ0) is 15.6. The molecule has 2 aliphatic carbocycles. The largest absolute Gasteiger partial charge is 1.00 e. The normalized spacial score (nSPS) is 29.9. The Bertz CT molecular complexity index is 777. The summed E-state index contributed by atoms with van der Waals surface area (Å²) in [7, 11) is 0. The number of nitriles is 2. The Morgan fingerprint density at radius 3 is 2.05 bits per heavy atom. The van der Waals surface area contributed by atoms with E-state index in [1.54, 1.807) is 0 Å². The summed E-state index contributed by atoms with van der Waals surface area (Å²) in [5, 5.41) is 30.1. The number of nitrogens with zero attached hydrogens (tertiary/aromatic N) is 4. The van der Waals surface area contributed by atoms with Crippen LogP contribution in [0.4, 0.5) is 0 Å². The first-order valence-corrected chi connectivity index (χ1v) is 6.71. The van der Waals surface area contributed by atoms with Gasteiger partial charge in [0.15, 0.2) is 11.4 Å². The van der Waals surface area contributed by atoms with Crippen LogP contribution in [0.5, 0.6) is 0 Å². The van der Waals surface area contributed by atoms with E-state index >= 15 is 0 Å². The molecule has 0 amide bonds. The van der Waals surface area contributed by atoms with Crippen molar-refractivity contribution < 1.29 is 39.5 Å². The Balaban J connectivity index is 0.00000176. The zero-order valence-corrected chi connectivity index (χ0v) is 15.0. The summed E-state index contributed by atoms with van der Waals surface area (Å²) in [6.45, 7) is 5.69. The van der Waals surface area contributed by atoms with E-state index in [9.17, 15) is 9.90 Å². The van der Waals surface area contributed by atoms with Crippen molar-refractivity contribution in [3.63, 3.8) is 0 Å². The second-order valence-corrected chi connectivity index (χ2v) is 6.49. The monoisotopic (exact) mass is 304 g/mol. The van der Waals surface area contributed by atoms with Crippen LogP contribution in [-0.2, 0) is 15.6 Å². The summed E-state index contributed by atoms with van der Waals surface area (Å²) in [4.78, 5) is 20.4. The van der Waals surface area contributed by atoms with Crippen molar-refractivity contribution in [1.82, 2.24) is 9.97 Å². The van der Waals surface area contributed by atoms with Crippen LogP contribution in [0.2, 0.25) is 0 Å². The Labute approximate surface area is 150 Å². The maximum absolute atomic E-state index is 11.9. The summed E-state index contributed by atoms with van der Waals surface area (Å²) >= 11 is 0. The smallest absolute Gasteiger partial charge is 0.549 e. The van der Waals surface area contributed by atoms with Gasteiger partial charge < -0.3 is 9.90 Å². The second kappa shape index (κ2) is 4.76. The predicted octanol–water partition coefficient (Wildman–Crippen LogP) is -2.70. The average Bonchev–Trinajstić information content (AvgIpc) is 2.74. The van der Waals surface area contributed by atoms with Crippen LogP contribution in [0.3, 0.4) is 0 Å². The molecule has 1 heterocycles. The third-order valence-electron chi connectivity index (χ3n) is 5.83. The Kier molecular flexibility index (Phi) is 3.66. The Morgan fingerprint density at radius 1 is 1.09 bits per heavy atom. The average molecular weight is 304 g/mol. The Hall–Kier alpha value is -1.47. The van der Waals surface area contributed by atoms with Crippen LogP contribution in [0.15, 0.2) is 0 Å². The topological polar surface area (TPSA) is 113 Å². The summed E-state index contributed by atoms with van der Waals surface area (Å²) in [5.41, 5.74) is -1.71. The quantitative estimate of drug-likeness (QED) is 0.522. The maximum Gasteiger partial charge on any atom is 1.00 e. The van der Waals surface area contributed by atoms with E-state index in [-0.39, 0.29) is 40.9 Å². The van der Waals surface area contributed by atoms with E-state index in [0.717, 1.165) is 0 Å². The number of aromatic nitrogens is 2. The summed E-state index contributed by atoms with van der Waals surface area (Å²) in [6.07, 6.45) is 1.06. The second-order valence-electron chi connectivity index (χ2n) is 6.49. The molecule has 1 saturated carbocycles. The first-order chi connectivity index (χ1) is 9.76. The van der Waals surface area contributed by atoms with Crippen LogP contribution in [0, 0.1) is 28.1 Å². The van der Waals surface area contributed by atoms with Gasteiger partial charge in [-0.25, -0.2) is 9.97 Å². The molecule has 7 heteroatoms. The first kappa shape index (κ1) is 16.9. The van der Waals surface area contributed by atoms with Gasteiger partial charge in [-0.2, -0.15) is 10.5 Å². The Morgan fingerprint density at radius 2 is 1.59 bits per heavy atom. The fraction of sp³-hybridized carbons (Fsp3) is 0.533. The minimum absolute atomic E-state index is 0. The van der Waals surface area contributed by atoms with Crippen LogP contribution < -0.4 is 34.7 Å². The molecule has 3 rings (SSSR count). The molecule has 0 saturated heterocycles. The molecule has 1 fully saturated rings. The fourth-order valence-electron chi connectivity index (χ4n) is 4.09. The zero-order valence-electron chi connectivity index (χ0n) is 13.0. The molecule has 22 heavy (non-hydrogen) atoms. The van der Waals surface area contributed by atoms with Gasteiger partial charge in [0.05, 0.1) is 22.8 Å². The van der Waals surface area contributed by atoms with Gasteiger partial charge in [-0.3, -0.25) is 0 Å². The van der Waals surface area contributed by atoms with Gasteiger partial charge in [0.2, 0.25) is 0 Å². The van der Waals surface area contributed by atoms with Gasteiger partial charge in [0.1, 0.15) is 12.1 Å². The van der Waals surface area contributed by atoms with Crippen molar-refractivity contribution in [1.29, 1.82) is 10.5 Å². The molecule has 1 aromatic heterocycles. The van der Waals surface area contributed by atoms with E-state index in [1.807, 2.05) is 32.9 Å². The number of carbonyl (C=O) groups is 1. The number of aliphatic carboxylic acids is 1. The van der Waals surface area contributed by atoms with Crippen LogP contribution in [0.1, 0.15) is 56.4 Å². The van der Waals surface area contributed by atoms with Crippen molar-refractivity contribution in [2.24, 2.45) is 5.41 Å². The van der Waals surface area contributed by atoms with Crippen molar-refractivity contribution in [3.8, 4) is 12.1 Å². The maximum atomic E-state index is 11.9. The summed E-state index contributed by atoms with van der Waals surface area (Å²) in [5.74, 6) is -1.18. The van der Waals surface area contributed by atoms with Gasteiger partial charge in [0.25, 0.3) is 0 Å². The number of carbonyl (C=O) groups excluding carboxylic acids is 1. The molecule has 2 atom stereocenters. The third-order valence-corrected chi connectivity index (χ3v) is 5.83. The molecule has 0 aromatic carbocycles. The van der Waals surface area contributed by atoms with Crippen molar-refractivity contribution >= 4 is 5.97 Å². The van der Waals surface area contributed by atoms with Gasteiger partial charge in [0, 0.05) is 5.41 Å². The molecule has 2 unspecified atom stereocenters. The predicted molar refractivity (Wildman–Crippen MR) is 68.5 cm³/mol. The van der Waals surface area contributed by atoms with E-state index in [2.05, 4.69) is 9.97 Å². The van der Waals surface area contributed by atoms with Gasteiger partial charge in [-0.1, -0.05) is 20.8 Å². The molecule has 1 aromatic rings. The summed E-state index contributed by atoms with van der Waals surface area (Å²) in [6, 6.07) is 3.69. The van der Waals surface area contributed by atoms with Crippen LogP contribution in [-0.4, -0.2) is 15.9 Å². The SMILES string of the molecule is CC12CCC(C(=O)[O-])(c3nc(C#N)c(C#N)nc31)C2(C)C.[Na+]. The molecule has 0 N–H and O–H groups in total. The molecule has 6 nitrogen and oxygen atoms in total. The molecule has 0 radical (unpaired) electrons. The molecule has 0 spiro atoms. The number of rotatable bonds is 1. The van der Waals surface area contributed by atoms with Gasteiger partial charge >= 0.3 is 29.6 Å². The van der Waals surface area contributed by atoms with Crippen LogP contribution in [0.25, 0.3) is 0 Å². The van der Waals surface area contributed by atoms with Gasteiger partial charge in [-0.15, -0.1) is 0 Å². The molecule has 2 bridgehead atoms. The third kappa shape index (κ3) is 1.50. The molecular weight excluding hydrogens is 291 g/mol. The number of carboxylic acid groups (broad SMARTS) is 1. The molecule has 106 valence electrons. The van der Waals surface area contributed by atoms with Crippen molar-refractivity contribution in [2.45, 2.75) is 44.4 Å². The molecule has 0 aliphatic heterocycles. The fourth-order valence-corrected chi connectivity index (χ4v) is 4.09. The van der Waals surface area contributed by atoms with E-state index in [0.29, 0.717) is 24.2 Å². The van der Waals surface area contributed by atoms with Gasteiger partial charge in [-0.05, 0) is 18.3 Å². The van der Waals surface area contributed by atoms with Crippen molar-refractivity contribution in [2.75, 3.05) is 0 Å². The minimum Gasteiger partial charge on any atom is -0.549 e. The van der Waals surface area contributed by atoms with Crippen molar-refractivity contribution in [3.05, 3.63) is 22.8 Å². The van der Waals surface area contributed by atoms with E-state index in [1.165, 1.54) is 0 Å². The number of hydrogen-bond donors (Lipinski definition) is 0. The van der Waals surface area contributed by atoms with E-state index < -0.39 is 22.2 Å². The first-order valence-electron chi connectivity index (χ1n) is 6.71. The summed E-state index contributed by atoms with van der Waals surface area (Å²) < 4.78 is 0. The molecule has 2 aliphatic rings. The number of fused-ring (bicyclic) bond motifs is 5.